The molecule has 0 aromatic heterocycles. The largest absolute Gasteiger partial charge is 0.460 e. The van der Waals surface area contributed by atoms with Crippen LogP contribution in [-0.4, -0.2) is 43.1 Å². The molecule has 0 bridgehead atoms. The van der Waals surface area contributed by atoms with Gasteiger partial charge in [-0.2, -0.15) is 87.8 Å². The van der Waals surface area contributed by atoms with Gasteiger partial charge in [-0.15, -0.1) is 0 Å². The molecule has 0 heterocycles. The van der Waals surface area contributed by atoms with Crippen LogP contribution in [0.5, 0.6) is 0 Å². The smallest absolute Gasteiger partial charge is 0.242 e. The summed E-state index contributed by atoms with van der Waals surface area (Å²) in [6.07, 6.45) is -27.0. The number of hydrogen-bond donors (Lipinski definition) is 3. The maximum Gasteiger partial charge on any atom is 0.460 e. The molecule has 0 rings (SSSR count). The summed E-state index contributed by atoms with van der Waals surface area (Å²) < 4.78 is 232. The lowest BCUT2D eigenvalue weighted by molar-refractivity contribution is -0.348. The van der Waals surface area contributed by atoms with Gasteiger partial charge in [0.15, 0.2) is 0 Å². The Bertz CT molecular complexity index is 538. The third-order valence-electron chi connectivity index (χ3n) is 1.47. The van der Waals surface area contributed by atoms with Crippen LogP contribution in [0.25, 0.3) is 0 Å². The fraction of sp³-hybridized carbons (Fsp3) is 0.778. The van der Waals surface area contributed by atoms with Crippen molar-refractivity contribution in [2.75, 3.05) is 0 Å². The van der Waals surface area contributed by atoms with E-state index in [1.54, 1.807) is 0 Å². The van der Waals surface area contributed by atoms with Gasteiger partial charge in [0, 0.05) is 0 Å². The highest BCUT2D eigenvalue weighted by atomic mass is 19.4. The van der Waals surface area contributed by atoms with Gasteiger partial charge in [-0.05, 0) is 0 Å². The summed E-state index contributed by atoms with van der Waals surface area (Å²) in [5.41, 5.74) is 10.1. The number of nitrogens with two attached hydrogens (primary N) is 3. The Morgan fingerprint density at radius 2 is 0.576 bits per heavy atom. The fourth-order valence-electron chi connectivity index (χ4n) is 0.578. The molecule has 0 spiro atoms. The van der Waals surface area contributed by atoms with Gasteiger partial charge in [0.1, 0.15) is 0 Å². The summed E-state index contributed by atoms with van der Waals surface area (Å²) in [6, 6.07) is 0. The maximum atomic E-state index is 12.2. The summed E-state index contributed by atoms with van der Waals surface area (Å²) in [7, 11) is 0. The predicted octanol–water partition coefficient (Wildman–Crippen LogP) is 5.93. The minimum absolute atomic E-state index is 3.35. The predicted molar refractivity (Wildman–Crippen MR) is 62.0 cm³/mol. The van der Waals surface area contributed by atoms with E-state index in [-0.39, 0.29) is 0 Å². The van der Waals surface area contributed by atoms with Crippen LogP contribution >= 0.6 is 0 Å². The molecule has 204 valence electrons. The van der Waals surface area contributed by atoms with E-state index in [2.05, 4.69) is 17.2 Å². The summed E-state index contributed by atoms with van der Waals surface area (Å²) in [6.45, 7) is 0. The van der Waals surface area contributed by atoms with E-state index >= 15 is 0 Å². The van der Waals surface area contributed by atoms with Crippen molar-refractivity contribution >= 4 is 0 Å². The van der Waals surface area contributed by atoms with E-state index in [0.717, 1.165) is 0 Å². The first kappa shape index (κ1) is 38.4. The lowest BCUT2D eigenvalue weighted by Gasteiger charge is -2.27. The zero-order chi connectivity index (χ0) is 28.7. The van der Waals surface area contributed by atoms with Crippen LogP contribution in [0, 0.1) is 0 Å². The van der Waals surface area contributed by atoms with E-state index in [0.29, 0.717) is 0 Å². The van der Waals surface area contributed by atoms with Crippen LogP contribution in [0.1, 0.15) is 0 Å². The van der Waals surface area contributed by atoms with E-state index in [1.807, 2.05) is 0 Å². The van der Waals surface area contributed by atoms with Gasteiger partial charge in [0.2, 0.25) is 11.7 Å². The molecule has 0 aromatic rings. The first-order valence-electron chi connectivity index (χ1n) is 6.08. The van der Waals surface area contributed by atoms with Crippen LogP contribution in [0.2, 0.25) is 0 Å². The normalized spacial score (nSPS) is 14.5. The second-order valence-electron chi connectivity index (χ2n) is 4.40. The van der Waals surface area contributed by atoms with Crippen LogP contribution in [0.3, 0.4) is 0 Å². The van der Waals surface area contributed by atoms with Gasteiger partial charge < -0.3 is 0 Å². The zero-order valence-electron chi connectivity index (χ0n) is 14.2. The Morgan fingerprint density at radius 1 is 0.394 bits per heavy atom. The van der Waals surface area contributed by atoms with Crippen molar-refractivity contribution in [2.45, 2.75) is 43.1 Å². The molecule has 0 aliphatic heterocycles. The molecule has 3 nitrogen and oxygen atoms in total. The van der Waals surface area contributed by atoms with E-state index in [4.69, 9.17) is 0 Å². The molecule has 0 aliphatic carbocycles. The number of rotatable bonds is 2. The molecule has 0 amide bonds. The molecular formula is C9H6F21N3. The van der Waals surface area contributed by atoms with Gasteiger partial charge in [0.05, 0.1) is 0 Å². The van der Waals surface area contributed by atoms with Gasteiger partial charge >= 0.3 is 43.1 Å². The molecule has 33 heavy (non-hydrogen) atoms. The Labute approximate surface area is 165 Å². The molecule has 0 atom stereocenters. The monoisotopic (exact) mass is 555 g/mol. The van der Waals surface area contributed by atoms with Crippen molar-refractivity contribution < 1.29 is 92.2 Å². The minimum atomic E-state index is -7.20. The second kappa shape index (κ2) is 12.0. The molecule has 0 aromatic carbocycles. The van der Waals surface area contributed by atoms with Gasteiger partial charge in [-0.3, -0.25) is 0 Å². The molecule has 0 fully saturated rings. The number of hydrogen-bond acceptors (Lipinski definition) is 3. The Balaban J connectivity index is -0.000000226. The van der Waals surface area contributed by atoms with Crippen molar-refractivity contribution in [1.29, 1.82) is 0 Å². The average molecular weight is 555 g/mol. The fourth-order valence-corrected chi connectivity index (χ4v) is 0.578. The molecule has 0 saturated carbocycles. The standard InChI is InChI=1S/C6F12.3CH2F3N/c7-1(2(8)4(11,12)13)3(9,10)5(14,15)6(16,17)18;3*2-1(3,4)5/h;3*5H2. The van der Waals surface area contributed by atoms with Crippen molar-refractivity contribution in [2.24, 2.45) is 17.2 Å². The molecule has 0 saturated heterocycles. The molecular weight excluding hydrogens is 549 g/mol. The molecule has 24 heteroatoms. The third kappa shape index (κ3) is 23.1. The minimum Gasteiger partial charge on any atom is -0.242 e. The van der Waals surface area contributed by atoms with E-state index in [9.17, 15) is 92.2 Å². The Kier molecular flexibility index (Phi) is 14.0. The summed E-state index contributed by atoms with van der Waals surface area (Å²) in [5, 5.41) is 0. The van der Waals surface area contributed by atoms with Crippen molar-refractivity contribution in [3.63, 3.8) is 0 Å². The number of alkyl halides is 19. The second-order valence-corrected chi connectivity index (χ2v) is 4.40. The number of halogens is 21. The maximum absolute atomic E-state index is 12.2. The van der Waals surface area contributed by atoms with Gasteiger partial charge in [-0.25, -0.2) is 21.6 Å². The SMILES string of the molecule is FC(=C(F)C(F)(F)C(F)(F)C(F)(F)F)C(F)(F)F.NC(F)(F)F.NC(F)(F)F.NC(F)(F)F. The number of allylic oxidation sites excluding steroid dienone is 2. The first-order chi connectivity index (χ1) is 13.6. The molecule has 0 unspecified atom stereocenters. The van der Waals surface area contributed by atoms with Crippen molar-refractivity contribution in [1.82, 2.24) is 0 Å². The quantitative estimate of drug-likeness (QED) is 0.292. The highest BCUT2D eigenvalue weighted by Crippen LogP contribution is 2.52. The van der Waals surface area contributed by atoms with E-state index < -0.39 is 54.8 Å². The van der Waals surface area contributed by atoms with Crippen molar-refractivity contribution in [3.05, 3.63) is 11.7 Å². The molecule has 0 radical (unpaired) electrons. The summed E-state index contributed by atoms with van der Waals surface area (Å²) in [5.74, 6) is -23.1. The molecule has 6 N–H and O–H groups in total. The van der Waals surface area contributed by atoms with Crippen LogP contribution in [0.4, 0.5) is 92.2 Å². The Morgan fingerprint density at radius 3 is 0.697 bits per heavy atom. The zero-order valence-corrected chi connectivity index (χ0v) is 14.2. The lowest BCUT2D eigenvalue weighted by Crippen LogP contribution is -2.52. The lowest BCUT2D eigenvalue weighted by atomic mass is 10.1. The van der Waals surface area contributed by atoms with Crippen molar-refractivity contribution in [3.8, 4) is 0 Å². The highest BCUT2D eigenvalue weighted by Gasteiger charge is 2.76. The Hall–Kier alpha value is -1.85. The van der Waals surface area contributed by atoms with Gasteiger partial charge in [-0.1, -0.05) is 0 Å². The van der Waals surface area contributed by atoms with E-state index in [1.165, 1.54) is 0 Å². The summed E-state index contributed by atoms with van der Waals surface area (Å²) >= 11 is 0. The highest BCUT2D eigenvalue weighted by molar-refractivity contribution is 5.18. The third-order valence-corrected chi connectivity index (χ3v) is 1.47. The van der Waals surface area contributed by atoms with Gasteiger partial charge in [0.25, 0.3) is 0 Å². The topological polar surface area (TPSA) is 78.1 Å². The summed E-state index contributed by atoms with van der Waals surface area (Å²) in [4.78, 5) is 0. The van der Waals surface area contributed by atoms with Crippen LogP contribution in [-0.2, 0) is 0 Å². The molecule has 0 aliphatic rings. The van der Waals surface area contributed by atoms with Crippen LogP contribution < -0.4 is 17.2 Å². The van der Waals surface area contributed by atoms with Crippen LogP contribution in [0.15, 0.2) is 11.7 Å². The average Bonchev–Trinajstić information content (AvgIpc) is 2.37. The first-order valence-corrected chi connectivity index (χ1v) is 6.08.